The van der Waals surface area contributed by atoms with Gasteiger partial charge in [0.05, 0.1) is 22.1 Å². The molecule has 0 saturated carbocycles. The van der Waals surface area contributed by atoms with Gasteiger partial charge in [-0.05, 0) is 113 Å². The number of rotatable bonds is 19. The van der Waals surface area contributed by atoms with Gasteiger partial charge in [0.15, 0.2) is 5.82 Å². The van der Waals surface area contributed by atoms with Crippen molar-refractivity contribution in [2.75, 3.05) is 44.2 Å². The zero-order chi connectivity index (χ0) is 46.7. The van der Waals surface area contributed by atoms with Crippen LogP contribution in [-0.2, 0) is 22.5 Å². The van der Waals surface area contributed by atoms with Crippen LogP contribution in [0.25, 0.3) is 21.1 Å². The number of esters is 1. The molecule has 13 nitrogen and oxygen atoms in total. The van der Waals surface area contributed by atoms with Crippen molar-refractivity contribution in [1.82, 2.24) is 30.6 Å². The van der Waals surface area contributed by atoms with Gasteiger partial charge < -0.3 is 20.5 Å². The quantitative estimate of drug-likeness (QED) is 0.0589. The Kier molecular flexibility index (Phi) is 16.5. The molecule has 1 unspecified atom stereocenters. The van der Waals surface area contributed by atoms with E-state index in [9.17, 15) is 23.2 Å². The van der Waals surface area contributed by atoms with Crippen molar-refractivity contribution in [3.8, 4) is 26.9 Å². The second kappa shape index (κ2) is 22.7. The summed E-state index contributed by atoms with van der Waals surface area (Å²) in [7, 11) is 0. The highest BCUT2D eigenvalue weighted by Crippen LogP contribution is 2.34. The van der Waals surface area contributed by atoms with E-state index in [0.29, 0.717) is 48.2 Å². The van der Waals surface area contributed by atoms with Gasteiger partial charge in [-0.15, -0.1) is 20.4 Å². The highest BCUT2D eigenvalue weighted by Gasteiger charge is 2.29. The van der Waals surface area contributed by atoms with Gasteiger partial charge in [-0.2, -0.15) is 0 Å². The molecule has 0 aliphatic carbocycles. The Labute approximate surface area is 395 Å². The normalized spacial score (nSPS) is 13.6. The van der Waals surface area contributed by atoms with E-state index >= 15 is 0 Å². The molecule has 0 spiro atoms. The Bertz CT molecular complexity index is 2620. The fourth-order valence-electron chi connectivity index (χ4n) is 7.66. The van der Waals surface area contributed by atoms with Crippen molar-refractivity contribution in [1.29, 1.82) is 0 Å². The molecular formula is C48H51ClF2N8O5S2. The van der Waals surface area contributed by atoms with Crippen molar-refractivity contribution in [3.05, 3.63) is 128 Å². The predicted molar refractivity (Wildman–Crippen MR) is 253 cm³/mol. The van der Waals surface area contributed by atoms with Crippen LogP contribution in [-0.4, -0.2) is 88.5 Å². The SMILES string of the molecule is CCN(C(=O)c1cccc(Cl)c1F)c1nnc(-c2ccc(CN3CCC(C(=O)OC(CN)COc4c(C)cc(-c5nnc(CCCCNC(=O)c6ccccc6F)s5)cc4C)CC3)cc2)s1. The number of aromatic nitrogens is 4. The first-order valence-electron chi connectivity index (χ1n) is 21.8. The summed E-state index contributed by atoms with van der Waals surface area (Å²) in [6.07, 6.45) is 2.94. The van der Waals surface area contributed by atoms with E-state index in [-0.39, 0.29) is 47.7 Å². The standard InChI is InChI=1S/C48H51ClF2N8O5S2/c1-4-59(46(61)37-11-9-12-38(49)41(37)51)48-57-56-44(66-48)32-17-15-31(16-18-32)27-58-22-19-33(20-23-58)47(62)64-35(26-52)28-63-42-29(2)24-34(25-30(42)3)45-55-54-40(65-45)14-7-8-21-53-43(60)36-10-5-6-13-39(36)50/h5-6,9-13,15-18,24-25,33,35H,4,7-8,14,19-23,26-28,52H2,1-3H3,(H,53,60). The minimum absolute atomic E-state index is 0.0379. The molecule has 7 rings (SSSR count). The maximum atomic E-state index is 14.6. The number of piperidine rings is 1. The fraction of sp³-hybridized carbons (Fsp3) is 0.354. The number of carbonyl (C=O) groups is 3. The number of anilines is 1. The number of nitrogens with one attached hydrogen (secondary N) is 1. The largest absolute Gasteiger partial charge is 0.489 e. The lowest BCUT2D eigenvalue weighted by atomic mass is 9.96. The first kappa shape index (κ1) is 48.2. The zero-order valence-corrected chi connectivity index (χ0v) is 39.3. The van der Waals surface area contributed by atoms with Gasteiger partial charge in [-0.3, -0.25) is 24.2 Å². The van der Waals surface area contributed by atoms with Crippen molar-refractivity contribution in [3.63, 3.8) is 0 Å². The lowest BCUT2D eigenvalue weighted by Gasteiger charge is -2.31. The lowest BCUT2D eigenvalue weighted by molar-refractivity contribution is -0.156. The van der Waals surface area contributed by atoms with Gasteiger partial charge in [-0.25, -0.2) is 8.78 Å². The van der Waals surface area contributed by atoms with Gasteiger partial charge in [0, 0.05) is 43.7 Å². The number of hydrogen-bond acceptors (Lipinski definition) is 13. The minimum Gasteiger partial charge on any atom is -0.489 e. The van der Waals surface area contributed by atoms with E-state index in [1.807, 2.05) is 50.2 Å². The summed E-state index contributed by atoms with van der Waals surface area (Å²) in [6, 6.07) is 22.3. The third-order valence-corrected chi connectivity index (χ3v) is 13.6. The first-order valence-corrected chi connectivity index (χ1v) is 23.8. The molecule has 18 heteroatoms. The number of carbonyl (C=O) groups excluding carboxylic acids is 3. The van der Waals surface area contributed by atoms with Crippen molar-refractivity contribution in [2.45, 2.75) is 65.5 Å². The number of unbranched alkanes of at least 4 members (excludes halogenated alkanes) is 1. The van der Waals surface area contributed by atoms with E-state index in [4.69, 9.17) is 26.8 Å². The molecule has 1 atom stereocenters. The Hall–Kier alpha value is -5.72. The second-order valence-corrected chi connectivity index (χ2v) is 18.5. The predicted octanol–water partition coefficient (Wildman–Crippen LogP) is 8.85. The Balaban J connectivity index is 0.831. The summed E-state index contributed by atoms with van der Waals surface area (Å²) in [5.41, 5.74) is 10.7. The van der Waals surface area contributed by atoms with Crippen molar-refractivity contribution >= 4 is 57.2 Å². The third-order valence-electron chi connectivity index (χ3n) is 11.3. The number of aryl methyl sites for hydroxylation is 3. The average molecular weight is 958 g/mol. The number of ether oxygens (including phenoxy) is 2. The van der Waals surface area contributed by atoms with Crippen LogP contribution >= 0.6 is 34.3 Å². The number of nitrogens with zero attached hydrogens (tertiary/aromatic N) is 6. The van der Waals surface area contributed by atoms with Crippen LogP contribution in [0.5, 0.6) is 5.75 Å². The summed E-state index contributed by atoms with van der Waals surface area (Å²) < 4.78 is 40.6. The van der Waals surface area contributed by atoms with Gasteiger partial charge in [-0.1, -0.05) is 76.7 Å². The molecule has 0 radical (unpaired) electrons. The molecule has 1 saturated heterocycles. The smallest absolute Gasteiger partial charge is 0.309 e. The molecule has 0 bridgehead atoms. The molecule has 3 heterocycles. The summed E-state index contributed by atoms with van der Waals surface area (Å²) in [6.45, 7) is 8.85. The van der Waals surface area contributed by atoms with Gasteiger partial charge >= 0.3 is 5.97 Å². The van der Waals surface area contributed by atoms with Gasteiger partial charge in [0.25, 0.3) is 11.8 Å². The molecule has 4 aromatic carbocycles. The average Bonchev–Trinajstić information content (AvgIpc) is 4.01. The Morgan fingerprint density at radius 3 is 2.30 bits per heavy atom. The Morgan fingerprint density at radius 2 is 1.59 bits per heavy atom. The van der Waals surface area contributed by atoms with Crippen LogP contribution in [0.4, 0.5) is 13.9 Å². The molecular weight excluding hydrogens is 906 g/mol. The highest BCUT2D eigenvalue weighted by atomic mass is 35.5. The molecule has 6 aromatic rings. The summed E-state index contributed by atoms with van der Waals surface area (Å²) in [5, 5.41) is 22.6. The molecule has 1 aliphatic heterocycles. The number of halogens is 3. The van der Waals surface area contributed by atoms with E-state index < -0.39 is 29.6 Å². The van der Waals surface area contributed by atoms with E-state index in [1.165, 1.54) is 57.9 Å². The number of amides is 2. The molecule has 3 N–H and O–H groups in total. The van der Waals surface area contributed by atoms with Crippen LogP contribution in [0.2, 0.25) is 5.02 Å². The number of nitrogens with two attached hydrogens (primary N) is 1. The van der Waals surface area contributed by atoms with Crippen LogP contribution in [0.15, 0.2) is 78.9 Å². The van der Waals surface area contributed by atoms with E-state index in [2.05, 4.69) is 30.6 Å². The van der Waals surface area contributed by atoms with Crippen molar-refractivity contribution < 1.29 is 32.6 Å². The molecule has 1 aliphatic rings. The van der Waals surface area contributed by atoms with Crippen LogP contribution < -0.4 is 20.7 Å². The fourth-order valence-corrected chi connectivity index (χ4v) is 9.62. The van der Waals surface area contributed by atoms with Gasteiger partial charge in [0.2, 0.25) is 5.13 Å². The number of likely N-dealkylation sites (tertiary alicyclic amines) is 1. The maximum absolute atomic E-state index is 14.6. The molecule has 1 fully saturated rings. The third kappa shape index (κ3) is 12.0. The van der Waals surface area contributed by atoms with Crippen LogP contribution in [0.3, 0.4) is 0 Å². The van der Waals surface area contributed by atoms with Crippen LogP contribution in [0.1, 0.15) is 75.0 Å². The van der Waals surface area contributed by atoms with Crippen molar-refractivity contribution in [2.24, 2.45) is 11.7 Å². The summed E-state index contributed by atoms with van der Waals surface area (Å²) in [5.74, 6) is -2.07. The van der Waals surface area contributed by atoms with Crippen LogP contribution in [0, 0.1) is 31.4 Å². The monoisotopic (exact) mass is 956 g/mol. The second-order valence-electron chi connectivity index (χ2n) is 16.0. The summed E-state index contributed by atoms with van der Waals surface area (Å²) >= 11 is 8.68. The van der Waals surface area contributed by atoms with Gasteiger partial charge in [0.1, 0.15) is 39.3 Å². The highest BCUT2D eigenvalue weighted by molar-refractivity contribution is 7.18. The molecule has 66 heavy (non-hydrogen) atoms. The lowest BCUT2D eigenvalue weighted by Crippen LogP contribution is -2.39. The first-order chi connectivity index (χ1) is 31.9. The topological polar surface area (TPSA) is 166 Å². The number of benzene rings is 4. The number of hydrogen-bond donors (Lipinski definition) is 2. The maximum Gasteiger partial charge on any atom is 0.309 e. The summed E-state index contributed by atoms with van der Waals surface area (Å²) in [4.78, 5) is 42.4. The zero-order valence-electron chi connectivity index (χ0n) is 36.9. The van der Waals surface area contributed by atoms with E-state index in [0.717, 1.165) is 63.8 Å². The Morgan fingerprint density at radius 1 is 0.894 bits per heavy atom. The minimum atomic E-state index is -0.766. The molecule has 2 amide bonds. The molecule has 346 valence electrons. The van der Waals surface area contributed by atoms with E-state index in [1.54, 1.807) is 19.1 Å². The molecule has 2 aromatic heterocycles.